The monoisotopic (exact) mass is 313 g/mol. The number of nitrogens with zero attached hydrogens (tertiary/aromatic N) is 1. The number of carbonyl (C=O) groups excluding carboxylic acids is 1. The predicted molar refractivity (Wildman–Crippen MR) is 85.8 cm³/mol. The predicted octanol–water partition coefficient (Wildman–Crippen LogP) is 3.91. The molecule has 1 saturated carbocycles. The van der Waals surface area contributed by atoms with Crippen molar-refractivity contribution < 1.29 is 19.4 Å². The van der Waals surface area contributed by atoms with Gasteiger partial charge in [0.1, 0.15) is 5.60 Å². The van der Waals surface area contributed by atoms with Crippen molar-refractivity contribution in [3.63, 3.8) is 0 Å². The molecule has 5 nitrogen and oxygen atoms in total. The molecule has 128 valence electrons. The fourth-order valence-electron chi connectivity index (χ4n) is 2.66. The first-order chi connectivity index (χ1) is 9.89. The van der Waals surface area contributed by atoms with Crippen LogP contribution >= 0.6 is 0 Å². The van der Waals surface area contributed by atoms with Crippen molar-refractivity contribution in [3.8, 4) is 0 Å². The second-order valence-corrected chi connectivity index (χ2v) is 8.49. The van der Waals surface area contributed by atoms with Gasteiger partial charge < -0.3 is 14.7 Å². The Hall–Kier alpha value is -1.26. The number of carbonyl (C=O) groups is 2. The summed E-state index contributed by atoms with van der Waals surface area (Å²) in [5.41, 5.74) is -0.424. The minimum atomic E-state index is -0.762. The third-order valence-electron chi connectivity index (χ3n) is 3.93. The van der Waals surface area contributed by atoms with Crippen LogP contribution in [0.2, 0.25) is 0 Å². The molecule has 0 spiro atoms. The molecule has 1 rings (SSSR count). The fraction of sp³-hybridized carbons (Fsp3) is 0.882. The summed E-state index contributed by atoms with van der Waals surface area (Å²) in [4.78, 5) is 25.4. The van der Waals surface area contributed by atoms with Crippen molar-refractivity contribution in [3.05, 3.63) is 0 Å². The van der Waals surface area contributed by atoms with Crippen molar-refractivity contribution in [2.45, 2.75) is 78.9 Å². The summed E-state index contributed by atoms with van der Waals surface area (Å²) in [6.07, 6.45) is 2.43. The molecule has 0 saturated heterocycles. The van der Waals surface area contributed by atoms with Crippen LogP contribution in [-0.4, -0.2) is 40.3 Å². The lowest BCUT2D eigenvalue weighted by molar-refractivity contribution is -0.141. The molecular weight excluding hydrogens is 282 g/mol. The third kappa shape index (κ3) is 6.24. The molecule has 2 unspecified atom stereocenters. The number of aliphatic carboxylic acids is 1. The van der Waals surface area contributed by atoms with Gasteiger partial charge in [0.15, 0.2) is 0 Å². The van der Waals surface area contributed by atoms with Gasteiger partial charge in [-0.3, -0.25) is 4.79 Å². The van der Waals surface area contributed by atoms with Gasteiger partial charge in [0.25, 0.3) is 0 Å². The van der Waals surface area contributed by atoms with Crippen LogP contribution in [-0.2, 0) is 9.53 Å². The minimum absolute atomic E-state index is 0.0294. The molecule has 22 heavy (non-hydrogen) atoms. The highest BCUT2D eigenvalue weighted by Crippen LogP contribution is 2.32. The van der Waals surface area contributed by atoms with Crippen molar-refractivity contribution >= 4 is 12.1 Å². The maximum atomic E-state index is 12.5. The van der Waals surface area contributed by atoms with E-state index in [1.54, 1.807) is 4.90 Å². The summed E-state index contributed by atoms with van der Waals surface area (Å²) in [7, 11) is 0. The van der Waals surface area contributed by atoms with Crippen LogP contribution in [0.4, 0.5) is 4.79 Å². The van der Waals surface area contributed by atoms with Crippen molar-refractivity contribution in [1.82, 2.24) is 4.90 Å². The van der Waals surface area contributed by atoms with Gasteiger partial charge in [0.05, 0.1) is 5.92 Å². The molecule has 1 fully saturated rings. The van der Waals surface area contributed by atoms with Crippen LogP contribution in [0.3, 0.4) is 0 Å². The molecule has 0 aromatic carbocycles. The lowest BCUT2D eigenvalue weighted by Gasteiger charge is -2.33. The number of hydrogen-bond acceptors (Lipinski definition) is 3. The number of hydrogen-bond donors (Lipinski definition) is 1. The molecule has 0 heterocycles. The smallest absolute Gasteiger partial charge is 0.410 e. The summed E-state index contributed by atoms with van der Waals surface area (Å²) in [6.45, 7) is 12.6. The van der Waals surface area contributed by atoms with Gasteiger partial charge in [0, 0.05) is 12.6 Å². The standard InChI is InChI=1S/C17H31NO4/c1-16(2,3)9-10-18(15(21)22-17(4,5)6)13-8-7-12(11-13)14(19)20/h12-13H,7-11H2,1-6H3,(H,19,20). The Morgan fingerprint density at radius 2 is 1.73 bits per heavy atom. The van der Waals surface area contributed by atoms with Crippen LogP contribution in [0.25, 0.3) is 0 Å². The molecule has 0 radical (unpaired) electrons. The molecule has 1 amide bonds. The Morgan fingerprint density at radius 3 is 2.14 bits per heavy atom. The summed E-state index contributed by atoms with van der Waals surface area (Å²) in [6, 6.07) is -0.0294. The number of rotatable bonds is 4. The first kappa shape index (κ1) is 18.8. The molecule has 0 aromatic rings. The van der Waals surface area contributed by atoms with Crippen LogP contribution < -0.4 is 0 Å². The van der Waals surface area contributed by atoms with Crippen LogP contribution in [0.1, 0.15) is 67.2 Å². The van der Waals surface area contributed by atoms with E-state index in [2.05, 4.69) is 20.8 Å². The van der Waals surface area contributed by atoms with Crippen molar-refractivity contribution in [2.24, 2.45) is 11.3 Å². The van der Waals surface area contributed by atoms with Crippen LogP contribution in [0, 0.1) is 11.3 Å². The molecule has 5 heteroatoms. The van der Waals surface area contributed by atoms with Gasteiger partial charge in [0.2, 0.25) is 0 Å². The van der Waals surface area contributed by atoms with E-state index in [4.69, 9.17) is 9.84 Å². The number of amides is 1. The fourth-order valence-corrected chi connectivity index (χ4v) is 2.66. The zero-order valence-corrected chi connectivity index (χ0v) is 14.8. The van der Waals surface area contributed by atoms with Gasteiger partial charge >= 0.3 is 12.1 Å². The Bertz CT molecular complexity index is 406. The maximum Gasteiger partial charge on any atom is 0.410 e. The molecular formula is C17H31NO4. The average molecular weight is 313 g/mol. The van der Waals surface area contributed by atoms with E-state index in [1.807, 2.05) is 20.8 Å². The van der Waals surface area contributed by atoms with E-state index in [9.17, 15) is 9.59 Å². The Kier molecular flexibility index (Phi) is 5.88. The summed E-state index contributed by atoms with van der Waals surface area (Å²) in [5, 5.41) is 9.16. The Labute approximate surface area is 134 Å². The molecule has 1 aliphatic rings. The quantitative estimate of drug-likeness (QED) is 0.854. The molecule has 0 bridgehead atoms. The van der Waals surface area contributed by atoms with Crippen molar-refractivity contribution in [2.75, 3.05) is 6.54 Å². The Morgan fingerprint density at radius 1 is 1.14 bits per heavy atom. The van der Waals surface area contributed by atoms with E-state index in [-0.39, 0.29) is 23.5 Å². The summed E-state index contributed by atoms with van der Waals surface area (Å²) in [5.74, 6) is -1.10. The maximum absolute atomic E-state index is 12.5. The van der Waals surface area contributed by atoms with Crippen molar-refractivity contribution in [1.29, 1.82) is 0 Å². The third-order valence-corrected chi connectivity index (χ3v) is 3.93. The van der Waals surface area contributed by atoms with E-state index < -0.39 is 11.6 Å². The van der Waals surface area contributed by atoms with Gasteiger partial charge in [-0.2, -0.15) is 0 Å². The van der Waals surface area contributed by atoms with Gasteiger partial charge in [-0.25, -0.2) is 4.79 Å². The van der Waals surface area contributed by atoms with Crippen LogP contribution in [0.5, 0.6) is 0 Å². The van der Waals surface area contributed by atoms with E-state index in [0.29, 0.717) is 19.4 Å². The highest BCUT2D eigenvalue weighted by atomic mass is 16.6. The van der Waals surface area contributed by atoms with Gasteiger partial charge in [-0.1, -0.05) is 20.8 Å². The Balaban J connectivity index is 2.78. The first-order valence-electron chi connectivity index (χ1n) is 8.11. The molecule has 2 atom stereocenters. The van der Waals surface area contributed by atoms with E-state index >= 15 is 0 Å². The topological polar surface area (TPSA) is 66.8 Å². The average Bonchev–Trinajstić information content (AvgIpc) is 2.74. The number of carboxylic acids is 1. The SMILES string of the molecule is CC(C)(C)CCN(C(=O)OC(C)(C)C)C1CCC(C(=O)O)C1. The normalized spacial score (nSPS) is 22.5. The lowest BCUT2D eigenvalue weighted by Crippen LogP contribution is -2.44. The second kappa shape index (κ2) is 6.88. The number of carboxylic acid groups (broad SMARTS) is 1. The molecule has 1 N–H and O–H groups in total. The van der Waals surface area contributed by atoms with E-state index in [0.717, 1.165) is 12.8 Å². The highest BCUT2D eigenvalue weighted by Gasteiger charge is 2.37. The summed E-state index contributed by atoms with van der Waals surface area (Å²) < 4.78 is 5.51. The minimum Gasteiger partial charge on any atom is -0.481 e. The van der Waals surface area contributed by atoms with E-state index in [1.165, 1.54) is 0 Å². The largest absolute Gasteiger partial charge is 0.481 e. The number of ether oxygens (including phenoxy) is 1. The molecule has 0 aromatic heterocycles. The zero-order valence-electron chi connectivity index (χ0n) is 14.8. The van der Waals surface area contributed by atoms with Crippen LogP contribution in [0.15, 0.2) is 0 Å². The second-order valence-electron chi connectivity index (χ2n) is 8.49. The first-order valence-corrected chi connectivity index (χ1v) is 8.11. The lowest BCUT2D eigenvalue weighted by atomic mass is 9.92. The van der Waals surface area contributed by atoms with Gasteiger partial charge in [-0.15, -0.1) is 0 Å². The van der Waals surface area contributed by atoms with Gasteiger partial charge in [-0.05, 0) is 51.9 Å². The molecule has 0 aliphatic heterocycles. The molecule has 1 aliphatic carbocycles. The summed E-state index contributed by atoms with van der Waals surface area (Å²) >= 11 is 0. The highest BCUT2D eigenvalue weighted by molar-refractivity contribution is 5.71. The zero-order chi connectivity index (χ0) is 17.1.